The minimum absolute atomic E-state index is 0.162. The van der Waals surface area contributed by atoms with Gasteiger partial charge in [0.2, 0.25) is 5.91 Å². The number of ether oxygens (including phenoxy) is 2. The number of halogens is 1. The van der Waals surface area contributed by atoms with Crippen molar-refractivity contribution < 1.29 is 23.5 Å². The Morgan fingerprint density at radius 2 is 2.07 bits per heavy atom. The van der Waals surface area contributed by atoms with Gasteiger partial charge < -0.3 is 14.4 Å². The molecule has 0 N–H and O–H groups in total. The highest BCUT2D eigenvalue weighted by molar-refractivity contribution is 6.07. The van der Waals surface area contributed by atoms with Crippen LogP contribution in [0.5, 0.6) is 5.75 Å². The molecule has 0 aromatic heterocycles. The molecule has 0 fully saturated rings. The zero-order valence-electron chi connectivity index (χ0n) is 16.8. The average Bonchev–Trinajstić information content (AvgIpc) is 2.85. The van der Waals surface area contributed by atoms with Crippen LogP contribution in [-0.4, -0.2) is 25.6 Å². The van der Waals surface area contributed by atoms with Gasteiger partial charge in [-0.05, 0) is 48.6 Å². The lowest BCUT2D eigenvalue weighted by atomic mass is 10.0. The third-order valence-electron chi connectivity index (χ3n) is 5.11. The van der Waals surface area contributed by atoms with E-state index in [1.54, 1.807) is 30.2 Å². The summed E-state index contributed by atoms with van der Waals surface area (Å²) in [4.78, 5) is 27.5. The molecule has 2 aromatic carbocycles. The molecule has 1 unspecified atom stereocenters. The molecular weight excluding hydrogens is 373 g/mol. The van der Waals surface area contributed by atoms with Gasteiger partial charge in [0.15, 0.2) is 0 Å². The summed E-state index contributed by atoms with van der Waals surface area (Å²) >= 11 is 0. The first-order chi connectivity index (χ1) is 14.0. The first kappa shape index (κ1) is 20.8. The number of hydrogen-bond acceptors (Lipinski definition) is 4. The van der Waals surface area contributed by atoms with Gasteiger partial charge in [-0.25, -0.2) is 4.39 Å². The standard InChI is InChI=1S/C23H26FNO4/c1-3-4-12-29-23(27)20-11-9-17-8-10-19(28-2)14-21(17)25(22(20)26)15-16-6-5-7-18(24)13-16/h5-8,10,13-14,20H,3-4,9,11-12,15H2,1-2H3. The van der Waals surface area contributed by atoms with Gasteiger partial charge in [-0.1, -0.05) is 31.5 Å². The summed E-state index contributed by atoms with van der Waals surface area (Å²) in [6.07, 6.45) is 2.61. The van der Waals surface area contributed by atoms with Crippen LogP contribution in [0.15, 0.2) is 42.5 Å². The molecule has 3 rings (SSSR count). The lowest BCUT2D eigenvalue weighted by Gasteiger charge is -2.26. The van der Waals surface area contributed by atoms with Crippen molar-refractivity contribution in [2.24, 2.45) is 5.92 Å². The highest BCUT2D eigenvalue weighted by atomic mass is 19.1. The lowest BCUT2D eigenvalue weighted by molar-refractivity contribution is -0.152. The zero-order chi connectivity index (χ0) is 20.8. The number of anilines is 1. The summed E-state index contributed by atoms with van der Waals surface area (Å²) in [7, 11) is 1.56. The number of carbonyl (C=O) groups is 2. The molecule has 0 bridgehead atoms. The van der Waals surface area contributed by atoms with Crippen molar-refractivity contribution >= 4 is 17.6 Å². The number of carbonyl (C=O) groups excluding carboxylic acids is 2. The Morgan fingerprint density at radius 3 is 2.79 bits per heavy atom. The van der Waals surface area contributed by atoms with Gasteiger partial charge in [-0.2, -0.15) is 0 Å². The van der Waals surface area contributed by atoms with Crippen LogP contribution >= 0.6 is 0 Å². The highest BCUT2D eigenvalue weighted by Crippen LogP contribution is 2.34. The smallest absolute Gasteiger partial charge is 0.318 e. The normalized spacial score (nSPS) is 16.2. The molecule has 1 aliphatic heterocycles. The van der Waals surface area contributed by atoms with Gasteiger partial charge in [0.05, 0.1) is 25.9 Å². The molecule has 0 saturated heterocycles. The van der Waals surface area contributed by atoms with E-state index < -0.39 is 11.9 Å². The van der Waals surface area contributed by atoms with Crippen LogP contribution in [0.1, 0.15) is 37.3 Å². The van der Waals surface area contributed by atoms with Crippen LogP contribution in [0.25, 0.3) is 0 Å². The van der Waals surface area contributed by atoms with Gasteiger partial charge >= 0.3 is 5.97 Å². The minimum atomic E-state index is -0.876. The molecule has 1 aliphatic rings. The summed E-state index contributed by atoms with van der Waals surface area (Å²) in [5.41, 5.74) is 2.27. The van der Waals surface area contributed by atoms with E-state index in [1.165, 1.54) is 12.1 Å². The van der Waals surface area contributed by atoms with Crippen molar-refractivity contribution in [1.82, 2.24) is 0 Å². The number of rotatable bonds is 7. The van der Waals surface area contributed by atoms with Crippen LogP contribution in [0.4, 0.5) is 10.1 Å². The fraction of sp³-hybridized carbons (Fsp3) is 0.391. The molecule has 154 valence electrons. The van der Waals surface area contributed by atoms with Crippen molar-refractivity contribution in [2.75, 3.05) is 18.6 Å². The van der Waals surface area contributed by atoms with E-state index in [0.29, 0.717) is 36.4 Å². The second kappa shape index (κ2) is 9.54. The number of methoxy groups -OCH3 is 1. The van der Waals surface area contributed by atoms with Crippen LogP contribution < -0.4 is 9.64 Å². The number of hydrogen-bond donors (Lipinski definition) is 0. The molecule has 0 spiro atoms. The fourth-order valence-corrected chi connectivity index (χ4v) is 3.48. The van der Waals surface area contributed by atoms with Gasteiger partial charge in [0, 0.05) is 6.07 Å². The van der Waals surface area contributed by atoms with Crippen LogP contribution in [-0.2, 0) is 27.3 Å². The summed E-state index contributed by atoms with van der Waals surface area (Å²) in [6, 6.07) is 11.7. The van der Waals surface area contributed by atoms with Crippen molar-refractivity contribution in [3.05, 3.63) is 59.4 Å². The zero-order valence-corrected chi connectivity index (χ0v) is 16.8. The third-order valence-corrected chi connectivity index (χ3v) is 5.11. The number of amides is 1. The number of fused-ring (bicyclic) bond motifs is 1. The molecule has 0 saturated carbocycles. The molecule has 0 radical (unpaired) electrons. The number of esters is 1. The van der Waals surface area contributed by atoms with E-state index in [1.807, 2.05) is 19.1 Å². The van der Waals surface area contributed by atoms with Crippen molar-refractivity contribution in [3.8, 4) is 5.75 Å². The number of nitrogens with zero attached hydrogens (tertiary/aromatic N) is 1. The molecule has 6 heteroatoms. The summed E-state index contributed by atoms with van der Waals surface area (Å²) in [6.45, 7) is 2.48. The molecule has 1 amide bonds. The van der Waals surface area contributed by atoms with E-state index in [2.05, 4.69) is 0 Å². The Kier molecular flexibility index (Phi) is 6.86. The van der Waals surface area contributed by atoms with Crippen molar-refractivity contribution in [3.63, 3.8) is 0 Å². The first-order valence-corrected chi connectivity index (χ1v) is 9.93. The molecule has 2 aromatic rings. The van der Waals surface area contributed by atoms with E-state index >= 15 is 0 Å². The predicted octanol–water partition coefficient (Wildman–Crippen LogP) is 4.27. The van der Waals surface area contributed by atoms with E-state index in [4.69, 9.17) is 9.47 Å². The Bertz CT molecular complexity index is 883. The monoisotopic (exact) mass is 399 g/mol. The van der Waals surface area contributed by atoms with Gasteiger partial charge in [-0.3, -0.25) is 9.59 Å². The Morgan fingerprint density at radius 1 is 1.24 bits per heavy atom. The Hall–Kier alpha value is -2.89. The van der Waals surface area contributed by atoms with E-state index in [0.717, 1.165) is 18.4 Å². The quantitative estimate of drug-likeness (QED) is 0.396. The third kappa shape index (κ3) is 4.94. The minimum Gasteiger partial charge on any atom is -0.497 e. The SMILES string of the molecule is CCCCOC(=O)C1CCc2ccc(OC)cc2N(Cc2cccc(F)c2)C1=O. The number of aryl methyl sites for hydroxylation is 1. The summed E-state index contributed by atoms with van der Waals surface area (Å²) < 4.78 is 24.4. The maximum absolute atomic E-state index is 13.7. The summed E-state index contributed by atoms with van der Waals surface area (Å²) in [5.74, 6) is -1.45. The number of benzene rings is 2. The second-order valence-electron chi connectivity index (χ2n) is 7.16. The topological polar surface area (TPSA) is 55.8 Å². The molecule has 29 heavy (non-hydrogen) atoms. The van der Waals surface area contributed by atoms with Crippen LogP contribution in [0.3, 0.4) is 0 Å². The maximum Gasteiger partial charge on any atom is 0.318 e. The van der Waals surface area contributed by atoms with Gasteiger partial charge in [0.25, 0.3) is 0 Å². The fourth-order valence-electron chi connectivity index (χ4n) is 3.48. The molecule has 1 atom stereocenters. The molecular formula is C23H26FNO4. The lowest BCUT2D eigenvalue weighted by Crippen LogP contribution is -2.39. The van der Waals surface area contributed by atoms with Gasteiger partial charge in [0.1, 0.15) is 17.5 Å². The van der Waals surface area contributed by atoms with Crippen LogP contribution in [0, 0.1) is 11.7 Å². The van der Waals surface area contributed by atoms with E-state index in [9.17, 15) is 14.0 Å². The molecule has 5 nitrogen and oxygen atoms in total. The van der Waals surface area contributed by atoms with Crippen molar-refractivity contribution in [2.45, 2.75) is 39.2 Å². The Labute approximate surface area is 170 Å². The largest absolute Gasteiger partial charge is 0.497 e. The van der Waals surface area contributed by atoms with Crippen molar-refractivity contribution in [1.29, 1.82) is 0 Å². The summed E-state index contributed by atoms with van der Waals surface area (Å²) in [5, 5.41) is 0. The Balaban J connectivity index is 1.94. The molecule has 1 heterocycles. The van der Waals surface area contributed by atoms with Gasteiger partial charge in [-0.15, -0.1) is 0 Å². The van der Waals surface area contributed by atoms with Crippen LogP contribution in [0.2, 0.25) is 0 Å². The maximum atomic E-state index is 13.7. The first-order valence-electron chi connectivity index (χ1n) is 9.93. The molecule has 0 aliphatic carbocycles. The second-order valence-corrected chi connectivity index (χ2v) is 7.16. The van der Waals surface area contributed by atoms with E-state index in [-0.39, 0.29) is 18.3 Å². The highest BCUT2D eigenvalue weighted by Gasteiger charge is 2.36. The average molecular weight is 399 g/mol. The number of unbranched alkanes of at least 4 members (excludes halogenated alkanes) is 1. The predicted molar refractivity (Wildman–Crippen MR) is 108 cm³/mol.